The van der Waals surface area contributed by atoms with Crippen LogP contribution in [-0.4, -0.2) is 36.4 Å². The lowest BCUT2D eigenvalue weighted by Crippen LogP contribution is -2.48. The van der Waals surface area contributed by atoms with Crippen LogP contribution in [0.25, 0.3) is 4.85 Å². The van der Waals surface area contributed by atoms with E-state index < -0.39 is 0 Å². The molecule has 0 spiro atoms. The zero-order chi connectivity index (χ0) is 19.4. The highest BCUT2D eigenvalue weighted by Crippen LogP contribution is 2.22. The lowest BCUT2D eigenvalue weighted by Gasteiger charge is -2.32. The van der Waals surface area contributed by atoms with Crippen LogP contribution >= 0.6 is 0 Å². The number of carbonyl (C=O) groups is 1. The predicted octanol–water partition coefficient (Wildman–Crippen LogP) is 3.90. The summed E-state index contributed by atoms with van der Waals surface area (Å²) >= 11 is 0. The first-order valence-electron chi connectivity index (χ1n) is 9.20. The Labute approximate surface area is 159 Å². The molecule has 2 aromatic carbocycles. The van der Waals surface area contributed by atoms with E-state index in [-0.39, 0.29) is 18.0 Å². The molecule has 140 valence electrons. The van der Waals surface area contributed by atoms with Crippen molar-refractivity contribution < 1.29 is 9.18 Å². The molecule has 1 atom stereocenters. The summed E-state index contributed by atoms with van der Waals surface area (Å²) in [5.74, 6) is -0.410. The highest BCUT2D eigenvalue weighted by Gasteiger charge is 2.18. The van der Waals surface area contributed by atoms with Crippen LogP contribution in [0.2, 0.25) is 0 Å². The molecule has 1 N–H and O–H groups in total. The van der Waals surface area contributed by atoms with Crippen molar-refractivity contribution >= 4 is 11.5 Å². The molecule has 0 aliphatic carbocycles. The Morgan fingerprint density at radius 2 is 2.11 bits per heavy atom. The van der Waals surface area contributed by atoms with Crippen molar-refractivity contribution in [2.45, 2.75) is 32.9 Å². The number of piperazine rings is 1. The molecule has 1 aliphatic heterocycles. The second-order valence-electron chi connectivity index (χ2n) is 7.20. The van der Waals surface area contributed by atoms with Gasteiger partial charge in [0.15, 0.2) is 11.5 Å². The van der Waals surface area contributed by atoms with Crippen LogP contribution in [0.4, 0.5) is 10.1 Å². The van der Waals surface area contributed by atoms with Gasteiger partial charge < -0.3 is 5.32 Å². The highest BCUT2D eigenvalue weighted by molar-refractivity contribution is 5.98. The fraction of sp³-hybridized carbons (Fsp3) is 0.364. The van der Waals surface area contributed by atoms with E-state index in [1.54, 1.807) is 30.3 Å². The fourth-order valence-electron chi connectivity index (χ4n) is 3.57. The maximum Gasteiger partial charge on any atom is 0.187 e. The average molecular weight is 365 g/mol. The number of hydrogen-bond donors (Lipinski definition) is 1. The third-order valence-electron chi connectivity index (χ3n) is 5.08. The average Bonchev–Trinajstić information content (AvgIpc) is 2.65. The molecule has 1 aliphatic rings. The number of benzene rings is 2. The van der Waals surface area contributed by atoms with E-state index in [1.807, 2.05) is 6.92 Å². The Morgan fingerprint density at radius 3 is 2.85 bits per heavy atom. The van der Waals surface area contributed by atoms with E-state index in [2.05, 4.69) is 22.0 Å². The minimum atomic E-state index is -0.309. The zero-order valence-corrected chi connectivity index (χ0v) is 15.8. The van der Waals surface area contributed by atoms with Gasteiger partial charge in [-0.25, -0.2) is 9.24 Å². The highest BCUT2D eigenvalue weighted by atomic mass is 19.1. The third-order valence-corrected chi connectivity index (χ3v) is 5.08. The number of ketones is 1. The molecule has 1 fully saturated rings. The SMILES string of the molecule is [C-]#[N+]c1cccc(C(=O)Cc2cc(F)cc(CN3CCN[C@@H](C)C3)c2C)c1. The molecule has 2 aromatic rings. The maximum atomic E-state index is 14.2. The van der Waals surface area contributed by atoms with Crippen LogP contribution in [0.5, 0.6) is 0 Å². The van der Waals surface area contributed by atoms with Crippen molar-refractivity contribution in [1.82, 2.24) is 10.2 Å². The van der Waals surface area contributed by atoms with Crippen molar-refractivity contribution in [3.05, 3.63) is 75.9 Å². The van der Waals surface area contributed by atoms with Crippen molar-refractivity contribution in [2.24, 2.45) is 0 Å². The monoisotopic (exact) mass is 365 g/mol. The molecule has 1 saturated heterocycles. The molecular formula is C22H24FN3O. The molecule has 3 rings (SSSR count). The molecule has 1 heterocycles. The summed E-state index contributed by atoms with van der Waals surface area (Å²) in [6, 6.07) is 10.1. The second-order valence-corrected chi connectivity index (χ2v) is 7.20. The fourth-order valence-corrected chi connectivity index (χ4v) is 3.57. The lowest BCUT2D eigenvalue weighted by molar-refractivity contribution is 0.0992. The Hall–Kier alpha value is -2.55. The van der Waals surface area contributed by atoms with E-state index in [1.165, 1.54) is 6.07 Å². The summed E-state index contributed by atoms with van der Waals surface area (Å²) in [5.41, 5.74) is 3.54. The van der Waals surface area contributed by atoms with Crippen molar-refractivity contribution in [3.63, 3.8) is 0 Å². The van der Waals surface area contributed by atoms with Gasteiger partial charge in [0.25, 0.3) is 0 Å². The van der Waals surface area contributed by atoms with Gasteiger partial charge in [-0.2, -0.15) is 0 Å². The number of nitrogens with one attached hydrogen (secondary N) is 1. The lowest BCUT2D eigenvalue weighted by atomic mass is 9.95. The summed E-state index contributed by atoms with van der Waals surface area (Å²) in [4.78, 5) is 18.3. The molecule has 0 amide bonds. The van der Waals surface area contributed by atoms with E-state index in [4.69, 9.17) is 6.57 Å². The van der Waals surface area contributed by atoms with Gasteiger partial charge in [-0.05, 0) is 48.7 Å². The first-order valence-corrected chi connectivity index (χ1v) is 9.20. The quantitative estimate of drug-likeness (QED) is 0.645. The van der Waals surface area contributed by atoms with Gasteiger partial charge in [0, 0.05) is 44.2 Å². The van der Waals surface area contributed by atoms with E-state index >= 15 is 0 Å². The number of Topliss-reactive ketones (excluding diaryl/α,β-unsaturated/α-hetero) is 1. The standard InChI is InChI=1S/C22H24FN3O/c1-15-13-26(8-7-25-15)14-19-10-20(23)9-18(16(19)2)12-22(27)17-5-4-6-21(11-17)24-3/h4-6,9-11,15,25H,7-8,12-14H2,1-2H3/t15-/m0/s1. The third kappa shape index (κ3) is 4.79. The van der Waals surface area contributed by atoms with Crippen LogP contribution in [-0.2, 0) is 13.0 Å². The normalized spacial score (nSPS) is 17.5. The number of halogens is 1. The molecule has 5 heteroatoms. The molecule has 27 heavy (non-hydrogen) atoms. The minimum Gasteiger partial charge on any atom is -0.312 e. The zero-order valence-electron chi connectivity index (χ0n) is 15.8. The number of hydrogen-bond acceptors (Lipinski definition) is 3. The van der Waals surface area contributed by atoms with Crippen LogP contribution in [0.3, 0.4) is 0 Å². The summed E-state index contributed by atoms with van der Waals surface area (Å²) in [7, 11) is 0. The molecule has 0 radical (unpaired) electrons. The van der Waals surface area contributed by atoms with E-state index in [0.29, 0.717) is 29.4 Å². The van der Waals surface area contributed by atoms with Crippen molar-refractivity contribution in [1.29, 1.82) is 0 Å². The summed E-state index contributed by atoms with van der Waals surface area (Å²) in [6.07, 6.45) is 0.135. The van der Waals surface area contributed by atoms with Crippen LogP contribution in [0.15, 0.2) is 36.4 Å². The van der Waals surface area contributed by atoms with Gasteiger partial charge in [0.1, 0.15) is 5.82 Å². The number of nitrogens with zero attached hydrogens (tertiary/aromatic N) is 2. The Bertz CT molecular complexity index is 888. The van der Waals surface area contributed by atoms with Gasteiger partial charge >= 0.3 is 0 Å². The molecule has 0 bridgehead atoms. The largest absolute Gasteiger partial charge is 0.312 e. The van der Waals surface area contributed by atoms with Crippen LogP contribution in [0, 0.1) is 19.3 Å². The first-order chi connectivity index (χ1) is 13.0. The van der Waals surface area contributed by atoms with Gasteiger partial charge in [0.05, 0.1) is 6.57 Å². The van der Waals surface area contributed by atoms with Gasteiger partial charge in [-0.15, -0.1) is 0 Å². The predicted molar refractivity (Wildman–Crippen MR) is 105 cm³/mol. The molecule has 4 nitrogen and oxygen atoms in total. The summed E-state index contributed by atoms with van der Waals surface area (Å²) < 4.78 is 14.2. The summed E-state index contributed by atoms with van der Waals surface area (Å²) in [5, 5.41) is 3.41. The van der Waals surface area contributed by atoms with Crippen LogP contribution in [0.1, 0.15) is 34.0 Å². The molecular weight excluding hydrogens is 341 g/mol. The Morgan fingerprint density at radius 1 is 1.33 bits per heavy atom. The molecule has 0 saturated carbocycles. The minimum absolute atomic E-state index is 0.101. The van der Waals surface area contributed by atoms with Crippen LogP contribution < -0.4 is 5.32 Å². The van der Waals surface area contributed by atoms with Gasteiger partial charge in [0.2, 0.25) is 0 Å². The smallest absolute Gasteiger partial charge is 0.187 e. The van der Waals surface area contributed by atoms with Crippen molar-refractivity contribution in [2.75, 3.05) is 19.6 Å². The first kappa shape index (κ1) is 19.2. The van der Waals surface area contributed by atoms with E-state index in [9.17, 15) is 9.18 Å². The van der Waals surface area contributed by atoms with Gasteiger partial charge in [-0.3, -0.25) is 9.69 Å². The Balaban J connectivity index is 1.80. The van der Waals surface area contributed by atoms with E-state index in [0.717, 1.165) is 30.8 Å². The number of rotatable bonds is 5. The number of carbonyl (C=O) groups excluding carboxylic acids is 1. The maximum absolute atomic E-state index is 14.2. The molecule has 0 unspecified atom stereocenters. The molecule has 0 aromatic heterocycles. The van der Waals surface area contributed by atoms with Crippen molar-refractivity contribution in [3.8, 4) is 0 Å². The second kappa shape index (κ2) is 8.43. The Kier molecular flexibility index (Phi) is 6.00. The topological polar surface area (TPSA) is 36.7 Å². The van der Waals surface area contributed by atoms with Gasteiger partial charge in [-0.1, -0.05) is 18.2 Å². The summed E-state index contributed by atoms with van der Waals surface area (Å²) in [6.45, 7) is 14.7.